The number of carbonyl (C=O) groups excluding carboxylic acids is 2. The lowest BCUT2D eigenvalue weighted by atomic mass is 10.1. The number of hydrazone groups is 1. The van der Waals surface area contributed by atoms with Gasteiger partial charge in [-0.25, -0.2) is 10.2 Å². The molecule has 25 heavy (non-hydrogen) atoms. The summed E-state index contributed by atoms with van der Waals surface area (Å²) in [5.74, 6) is -0.361. The van der Waals surface area contributed by atoms with E-state index in [0.717, 1.165) is 0 Å². The van der Waals surface area contributed by atoms with E-state index in [9.17, 15) is 9.59 Å². The van der Waals surface area contributed by atoms with Crippen molar-refractivity contribution in [3.63, 3.8) is 0 Å². The lowest BCUT2D eigenvalue weighted by Crippen LogP contribution is -2.24. The Morgan fingerprint density at radius 3 is 2.44 bits per heavy atom. The zero-order chi connectivity index (χ0) is 18.1. The van der Waals surface area contributed by atoms with E-state index >= 15 is 0 Å². The molecule has 126 valence electrons. The zero-order valence-electron chi connectivity index (χ0n) is 13.4. The van der Waals surface area contributed by atoms with Gasteiger partial charge in [0, 0.05) is 0 Å². The SMILES string of the molecule is COC(=O)c1ccc(/C=N\NC(=O)COc2ccc(C#N)cc2)cc1. The second kappa shape index (κ2) is 8.84. The van der Waals surface area contributed by atoms with Crippen molar-refractivity contribution in [1.29, 1.82) is 5.26 Å². The number of nitrogens with zero attached hydrogens (tertiary/aromatic N) is 2. The van der Waals surface area contributed by atoms with Crippen molar-refractivity contribution in [3.8, 4) is 11.8 Å². The monoisotopic (exact) mass is 337 g/mol. The fraction of sp³-hybridized carbons (Fsp3) is 0.111. The Hall–Kier alpha value is -3.66. The Kier molecular flexibility index (Phi) is 6.25. The summed E-state index contributed by atoms with van der Waals surface area (Å²) < 4.78 is 9.88. The Morgan fingerprint density at radius 2 is 1.84 bits per heavy atom. The van der Waals surface area contributed by atoms with Crippen molar-refractivity contribution < 1.29 is 19.1 Å². The van der Waals surface area contributed by atoms with E-state index < -0.39 is 11.9 Å². The van der Waals surface area contributed by atoms with Crippen LogP contribution in [-0.4, -0.2) is 31.8 Å². The number of hydrogen-bond acceptors (Lipinski definition) is 6. The van der Waals surface area contributed by atoms with Crippen LogP contribution in [0.3, 0.4) is 0 Å². The van der Waals surface area contributed by atoms with Crippen LogP contribution >= 0.6 is 0 Å². The van der Waals surface area contributed by atoms with Gasteiger partial charge in [0.25, 0.3) is 5.91 Å². The Morgan fingerprint density at radius 1 is 1.16 bits per heavy atom. The lowest BCUT2D eigenvalue weighted by Gasteiger charge is -2.04. The highest BCUT2D eigenvalue weighted by molar-refractivity contribution is 5.90. The van der Waals surface area contributed by atoms with E-state index in [1.807, 2.05) is 6.07 Å². The zero-order valence-corrected chi connectivity index (χ0v) is 13.4. The molecule has 0 radical (unpaired) electrons. The summed E-state index contributed by atoms with van der Waals surface area (Å²) in [5.41, 5.74) is 3.99. The number of nitrogens with one attached hydrogen (secondary N) is 1. The largest absolute Gasteiger partial charge is 0.484 e. The van der Waals surface area contributed by atoms with Crippen molar-refractivity contribution in [2.75, 3.05) is 13.7 Å². The van der Waals surface area contributed by atoms with Crippen LogP contribution in [0, 0.1) is 11.3 Å². The van der Waals surface area contributed by atoms with Gasteiger partial charge in [-0.1, -0.05) is 12.1 Å². The highest BCUT2D eigenvalue weighted by atomic mass is 16.5. The molecule has 0 aliphatic carbocycles. The summed E-state index contributed by atoms with van der Waals surface area (Å²) in [4.78, 5) is 23.0. The molecule has 0 unspecified atom stereocenters. The molecule has 2 rings (SSSR count). The highest BCUT2D eigenvalue weighted by Gasteiger charge is 2.04. The summed E-state index contributed by atoms with van der Waals surface area (Å²) in [7, 11) is 1.31. The Bertz CT molecular complexity index is 806. The second-order valence-corrected chi connectivity index (χ2v) is 4.83. The predicted octanol–water partition coefficient (Wildman–Crippen LogP) is 1.87. The quantitative estimate of drug-likeness (QED) is 0.493. The molecule has 1 amide bonds. The Labute approximate surface area is 144 Å². The molecule has 0 saturated heterocycles. The third-order valence-corrected chi connectivity index (χ3v) is 3.09. The molecule has 0 bridgehead atoms. The van der Waals surface area contributed by atoms with E-state index in [4.69, 9.17) is 10.00 Å². The van der Waals surface area contributed by atoms with Gasteiger partial charge >= 0.3 is 5.97 Å². The number of methoxy groups -OCH3 is 1. The third kappa shape index (κ3) is 5.48. The molecule has 0 fully saturated rings. The number of rotatable bonds is 6. The Balaban J connectivity index is 1.79. The van der Waals surface area contributed by atoms with Gasteiger partial charge in [0.15, 0.2) is 6.61 Å². The van der Waals surface area contributed by atoms with Gasteiger partial charge in [0.05, 0.1) is 30.5 Å². The molecule has 0 aromatic heterocycles. The van der Waals surface area contributed by atoms with Gasteiger partial charge in [-0.15, -0.1) is 0 Å². The number of nitriles is 1. The first-order chi connectivity index (χ1) is 12.1. The molecular formula is C18H15N3O4. The molecule has 0 atom stereocenters. The van der Waals surface area contributed by atoms with Gasteiger partial charge < -0.3 is 9.47 Å². The normalized spacial score (nSPS) is 10.1. The molecule has 7 nitrogen and oxygen atoms in total. The molecule has 2 aromatic rings. The molecule has 2 aromatic carbocycles. The van der Waals surface area contributed by atoms with Gasteiger partial charge in [0.2, 0.25) is 0 Å². The molecule has 1 N–H and O–H groups in total. The fourth-order valence-electron chi connectivity index (χ4n) is 1.81. The van der Waals surface area contributed by atoms with Crippen molar-refractivity contribution in [2.24, 2.45) is 5.10 Å². The second-order valence-electron chi connectivity index (χ2n) is 4.83. The minimum Gasteiger partial charge on any atom is -0.484 e. The summed E-state index contributed by atoms with van der Waals surface area (Å²) in [6.45, 7) is -0.204. The predicted molar refractivity (Wildman–Crippen MR) is 90.2 cm³/mol. The topological polar surface area (TPSA) is 101 Å². The van der Waals surface area contributed by atoms with Gasteiger partial charge in [0.1, 0.15) is 5.75 Å². The number of carbonyl (C=O) groups is 2. The van der Waals surface area contributed by atoms with E-state index in [-0.39, 0.29) is 6.61 Å². The molecule has 0 heterocycles. The first kappa shape index (κ1) is 17.7. The average molecular weight is 337 g/mol. The summed E-state index contributed by atoms with van der Waals surface area (Å²) in [6, 6.07) is 15.0. The maximum atomic E-state index is 11.6. The van der Waals surface area contributed by atoms with E-state index in [1.54, 1.807) is 48.5 Å². The van der Waals surface area contributed by atoms with E-state index in [2.05, 4.69) is 15.3 Å². The van der Waals surface area contributed by atoms with Crippen LogP contribution in [0.5, 0.6) is 5.75 Å². The number of benzene rings is 2. The van der Waals surface area contributed by atoms with Crippen molar-refractivity contribution in [2.45, 2.75) is 0 Å². The van der Waals surface area contributed by atoms with Crippen LogP contribution in [-0.2, 0) is 9.53 Å². The van der Waals surface area contributed by atoms with Crippen LogP contribution in [0.4, 0.5) is 0 Å². The van der Waals surface area contributed by atoms with Crippen molar-refractivity contribution >= 4 is 18.1 Å². The summed E-state index contributed by atoms with van der Waals surface area (Å²) >= 11 is 0. The van der Waals surface area contributed by atoms with Gasteiger partial charge in [-0.05, 0) is 42.0 Å². The molecule has 0 aliphatic rings. The highest BCUT2D eigenvalue weighted by Crippen LogP contribution is 2.11. The number of esters is 1. The number of ether oxygens (including phenoxy) is 2. The standard InChI is InChI=1S/C18H15N3O4/c1-24-18(23)15-6-2-14(3-7-15)11-20-21-17(22)12-25-16-8-4-13(10-19)5-9-16/h2-9,11H,12H2,1H3,(H,21,22)/b20-11-. The maximum absolute atomic E-state index is 11.6. The third-order valence-electron chi connectivity index (χ3n) is 3.09. The van der Waals surface area contributed by atoms with Gasteiger partial charge in [-0.2, -0.15) is 10.4 Å². The molecule has 0 aliphatic heterocycles. The average Bonchev–Trinajstić information content (AvgIpc) is 2.66. The van der Waals surface area contributed by atoms with Crippen molar-refractivity contribution in [1.82, 2.24) is 5.43 Å². The molecule has 0 spiro atoms. The fourth-order valence-corrected chi connectivity index (χ4v) is 1.81. The number of hydrogen-bond donors (Lipinski definition) is 1. The minimum absolute atomic E-state index is 0.204. The van der Waals surface area contributed by atoms with Crippen LogP contribution in [0.1, 0.15) is 21.5 Å². The molecular weight excluding hydrogens is 322 g/mol. The first-order valence-electron chi connectivity index (χ1n) is 7.25. The minimum atomic E-state index is -0.424. The summed E-state index contributed by atoms with van der Waals surface area (Å²) in [6.07, 6.45) is 1.45. The van der Waals surface area contributed by atoms with E-state index in [1.165, 1.54) is 13.3 Å². The maximum Gasteiger partial charge on any atom is 0.337 e. The van der Waals surface area contributed by atoms with Crippen LogP contribution in [0.15, 0.2) is 53.6 Å². The van der Waals surface area contributed by atoms with Crippen molar-refractivity contribution in [3.05, 3.63) is 65.2 Å². The lowest BCUT2D eigenvalue weighted by molar-refractivity contribution is -0.123. The van der Waals surface area contributed by atoms with E-state index in [0.29, 0.717) is 22.4 Å². The van der Waals surface area contributed by atoms with Gasteiger partial charge in [-0.3, -0.25) is 4.79 Å². The van der Waals surface area contributed by atoms with Crippen LogP contribution < -0.4 is 10.2 Å². The number of amides is 1. The molecule has 7 heteroatoms. The summed E-state index contributed by atoms with van der Waals surface area (Å²) in [5, 5.41) is 12.5. The smallest absolute Gasteiger partial charge is 0.337 e. The molecule has 0 saturated carbocycles. The first-order valence-corrected chi connectivity index (χ1v) is 7.25. The van der Waals surface area contributed by atoms with Crippen LogP contribution in [0.25, 0.3) is 0 Å². The van der Waals surface area contributed by atoms with Crippen LogP contribution in [0.2, 0.25) is 0 Å².